The summed E-state index contributed by atoms with van der Waals surface area (Å²) in [5, 5.41) is 2.71. The van der Waals surface area contributed by atoms with Gasteiger partial charge in [0.05, 0.1) is 27.1 Å². The normalized spacial score (nSPS) is 13.9. The molecule has 11 aromatic carbocycles. The van der Waals surface area contributed by atoms with Gasteiger partial charge in [0.15, 0.2) is 5.58 Å². The summed E-state index contributed by atoms with van der Waals surface area (Å²) in [5.41, 5.74) is 20.1. The fraction of sp³-hybridized carbons (Fsp3) is 0.0423. The monoisotopic (exact) mass is 972 g/mol. The molecule has 0 unspecified atom stereocenters. The van der Waals surface area contributed by atoms with E-state index < -0.39 is 10.8 Å². The van der Waals surface area contributed by atoms with E-state index in [-0.39, 0.29) is 11.1 Å². The van der Waals surface area contributed by atoms with Crippen LogP contribution in [0.25, 0.3) is 88.3 Å². The molecule has 0 radical (unpaired) electrons. The van der Waals surface area contributed by atoms with Crippen LogP contribution in [0, 0.1) is 6.92 Å². The topological polar surface area (TPSA) is 56.1 Å². The molecule has 0 saturated carbocycles. The summed E-state index contributed by atoms with van der Waals surface area (Å²) in [6.45, 7) is 2.04. The van der Waals surface area contributed by atoms with Crippen molar-refractivity contribution in [1.82, 2.24) is 9.03 Å². The van der Waals surface area contributed by atoms with Crippen LogP contribution in [-0.2, 0) is 10.8 Å². The molecule has 14 aromatic rings. The summed E-state index contributed by atoms with van der Waals surface area (Å²) >= 11 is 0. The second-order valence-corrected chi connectivity index (χ2v) is 20.6. The van der Waals surface area contributed by atoms with Crippen molar-refractivity contribution in [1.29, 1.82) is 0 Å². The fourth-order valence-electron chi connectivity index (χ4n) is 14.0. The summed E-state index contributed by atoms with van der Waals surface area (Å²) in [7, 11) is 0. The van der Waals surface area contributed by atoms with Gasteiger partial charge in [0.25, 0.3) is 11.1 Å². The van der Waals surface area contributed by atoms with Crippen molar-refractivity contribution < 1.29 is 4.42 Å². The third-order valence-corrected chi connectivity index (χ3v) is 17.0. The van der Waals surface area contributed by atoms with Gasteiger partial charge < -0.3 is 4.42 Å². The van der Waals surface area contributed by atoms with Gasteiger partial charge in [-0.1, -0.05) is 212 Å². The van der Waals surface area contributed by atoms with Crippen molar-refractivity contribution in [2.75, 3.05) is 0 Å². The lowest BCUT2D eigenvalue weighted by molar-refractivity contribution is 0.670. The number of furan rings is 1. The zero-order valence-electron chi connectivity index (χ0n) is 41.3. The maximum Gasteiger partial charge on any atom is 0.282 e. The highest BCUT2D eigenvalue weighted by molar-refractivity contribution is 6.16. The summed E-state index contributed by atoms with van der Waals surface area (Å²) in [6.07, 6.45) is 0. The largest absolute Gasteiger partial charge is 0.454 e. The Hall–Kier alpha value is -9.84. The first-order valence-corrected chi connectivity index (χ1v) is 26.0. The molecule has 0 N–H and O–H groups in total. The van der Waals surface area contributed by atoms with E-state index in [1.807, 2.05) is 29.6 Å². The van der Waals surface area contributed by atoms with Gasteiger partial charge in [0.2, 0.25) is 0 Å². The predicted octanol–water partition coefficient (Wildman–Crippen LogP) is 15.8. The van der Waals surface area contributed by atoms with E-state index in [0.717, 1.165) is 49.7 Å². The third-order valence-electron chi connectivity index (χ3n) is 17.0. The molecule has 0 aliphatic heterocycles. The minimum atomic E-state index is -0.571. The Morgan fingerprint density at radius 1 is 0.342 bits per heavy atom. The Bertz CT molecular complexity index is 4780. The Balaban J connectivity index is 0.888. The molecule has 2 aliphatic rings. The zero-order valence-corrected chi connectivity index (χ0v) is 41.3. The number of fused-ring (bicyclic) bond motifs is 15. The van der Waals surface area contributed by atoms with E-state index in [2.05, 4.69) is 231 Å². The molecule has 5 heteroatoms. The van der Waals surface area contributed by atoms with Crippen molar-refractivity contribution >= 4 is 43.7 Å². The number of hydrogen-bond acceptors (Lipinski definition) is 3. The van der Waals surface area contributed by atoms with Crippen LogP contribution in [0.3, 0.4) is 0 Å². The SMILES string of the molecule is Cc1cc(-c2cccc3c2-c2ccccc2C3(c2ccccc2)c2ccccc2)cc2c(=O)n3c(=O)c4ccc5c6cc(-c7cccc8c7-c7ccccc7C8(c7ccccc7)c7ccccc7)ccc6oc5c4n3c12. The van der Waals surface area contributed by atoms with Crippen LogP contribution in [0.1, 0.15) is 50.1 Å². The van der Waals surface area contributed by atoms with Gasteiger partial charge in [-0.15, -0.1) is 0 Å². The van der Waals surface area contributed by atoms with Crippen molar-refractivity contribution in [3.63, 3.8) is 0 Å². The molecule has 0 atom stereocenters. The van der Waals surface area contributed by atoms with Gasteiger partial charge >= 0.3 is 0 Å². The van der Waals surface area contributed by atoms with E-state index >= 15 is 0 Å². The molecular weight excluding hydrogens is 929 g/mol. The first kappa shape index (κ1) is 42.6. The van der Waals surface area contributed by atoms with Gasteiger partial charge in [-0.25, -0.2) is 4.52 Å². The van der Waals surface area contributed by atoms with Gasteiger partial charge in [-0.3, -0.25) is 9.59 Å². The van der Waals surface area contributed by atoms with Gasteiger partial charge in [-0.05, 0) is 138 Å². The number of aryl methyl sites for hydroxylation is 1. The van der Waals surface area contributed by atoms with E-state index in [4.69, 9.17) is 4.42 Å². The maximum atomic E-state index is 14.9. The van der Waals surface area contributed by atoms with Crippen LogP contribution in [-0.4, -0.2) is 9.03 Å². The lowest BCUT2D eigenvalue weighted by atomic mass is 9.67. The lowest BCUT2D eigenvalue weighted by Crippen LogP contribution is -2.28. The molecule has 3 heterocycles. The second kappa shape index (κ2) is 15.6. The fourth-order valence-corrected chi connectivity index (χ4v) is 14.0. The van der Waals surface area contributed by atoms with Crippen molar-refractivity contribution in [2.24, 2.45) is 0 Å². The molecule has 2 aliphatic carbocycles. The van der Waals surface area contributed by atoms with Crippen molar-refractivity contribution in [2.45, 2.75) is 17.8 Å². The molecule has 76 heavy (non-hydrogen) atoms. The van der Waals surface area contributed by atoms with Crippen LogP contribution in [0.15, 0.2) is 263 Å². The average Bonchev–Trinajstić information content (AvgIpc) is 4.40. The van der Waals surface area contributed by atoms with Gasteiger partial charge in [-0.2, -0.15) is 4.52 Å². The quantitative estimate of drug-likeness (QED) is 0.167. The highest BCUT2D eigenvalue weighted by atomic mass is 16.3. The first-order valence-electron chi connectivity index (χ1n) is 26.0. The molecule has 0 bridgehead atoms. The van der Waals surface area contributed by atoms with E-state index in [1.54, 1.807) is 0 Å². The molecule has 0 fully saturated rings. The molecule has 0 saturated heterocycles. The molecule has 0 spiro atoms. The van der Waals surface area contributed by atoms with Crippen LogP contribution in [0.5, 0.6) is 0 Å². The zero-order chi connectivity index (χ0) is 50.4. The van der Waals surface area contributed by atoms with Crippen LogP contribution >= 0.6 is 0 Å². The van der Waals surface area contributed by atoms with Crippen LogP contribution in [0.4, 0.5) is 0 Å². The highest BCUT2D eigenvalue weighted by Gasteiger charge is 2.48. The van der Waals surface area contributed by atoms with E-state index in [9.17, 15) is 9.59 Å². The first-order chi connectivity index (χ1) is 37.5. The number of nitrogens with zero attached hydrogens (tertiary/aromatic N) is 2. The minimum absolute atomic E-state index is 0.358. The lowest BCUT2D eigenvalue weighted by Gasteiger charge is -2.34. The number of aromatic nitrogens is 2. The van der Waals surface area contributed by atoms with Crippen LogP contribution < -0.4 is 11.1 Å². The minimum Gasteiger partial charge on any atom is -0.454 e. The molecule has 3 aromatic heterocycles. The Morgan fingerprint density at radius 3 is 1.32 bits per heavy atom. The Morgan fingerprint density at radius 2 is 0.776 bits per heavy atom. The number of hydrogen-bond donors (Lipinski definition) is 0. The molecular formula is C71H44N2O3. The smallest absolute Gasteiger partial charge is 0.282 e. The van der Waals surface area contributed by atoms with Gasteiger partial charge in [0.1, 0.15) is 11.1 Å². The van der Waals surface area contributed by atoms with Gasteiger partial charge in [0, 0.05) is 10.8 Å². The second-order valence-electron chi connectivity index (χ2n) is 20.6. The Kier molecular flexibility index (Phi) is 8.75. The summed E-state index contributed by atoms with van der Waals surface area (Å²) in [5.74, 6) is 0. The number of benzene rings is 11. The van der Waals surface area contributed by atoms with E-state index in [0.29, 0.717) is 33.0 Å². The Labute approximate surface area is 436 Å². The van der Waals surface area contributed by atoms with Crippen LogP contribution in [0.2, 0.25) is 0 Å². The molecule has 356 valence electrons. The molecule has 16 rings (SSSR count). The van der Waals surface area contributed by atoms with E-state index in [1.165, 1.54) is 60.1 Å². The average molecular weight is 973 g/mol. The highest BCUT2D eigenvalue weighted by Crippen LogP contribution is 2.60. The van der Waals surface area contributed by atoms with Crippen molar-refractivity contribution in [3.8, 4) is 44.5 Å². The third kappa shape index (κ3) is 5.38. The molecule has 0 amide bonds. The maximum absolute atomic E-state index is 14.9. The summed E-state index contributed by atoms with van der Waals surface area (Å²) in [4.78, 5) is 29.6. The predicted molar refractivity (Wildman–Crippen MR) is 307 cm³/mol. The summed E-state index contributed by atoms with van der Waals surface area (Å²) in [6, 6.07) is 88.6. The van der Waals surface area contributed by atoms with Crippen molar-refractivity contribution in [3.05, 3.63) is 319 Å². The number of rotatable bonds is 6. The molecule has 5 nitrogen and oxygen atoms in total. The standard InChI is InChI=1S/C71H44N2O3/c1-43-40-45(51-31-19-35-61-64(51)54-29-15-17-33-59(54)71(61,48-24-10-4-11-25-48)49-26-12-5-13-27-49)42-57-65(43)72-66-55(68(74)73(72)69(57)75)38-37-52-56-41-44(36-39-62(56)76-67(52)66)50-30-18-34-60-63(50)53-28-14-16-32-58(53)70(60,46-20-6-2-7-21-46)47-22-8-3-9-23-47/h2-42H,1H3. The summed E-state index contributed by atoms with van der Waals surface area (Å²) < 4.78 is 9.99.